The lowest BCUT2D eigenvalue weighted by molar-refractivity contribution is -0.189. The minimum atomic E-state index is -4.73. The van der Waals surface area contributed by atoms with E-state index in [1.165, 1.54) is 29.9 Å². The molecule has 20 heteroatoms. The predicted molar refractivity (Wildman–Crippen MR) is 190 cm³/mol. The lowest BCUT2D eigenvalue weighted by atomic mass is 9.87. The first-order valence-corrected chi connectivity index (χ1v) is 19.5. The van der Waals surface area contributed by atoms with Crippen molar-refractivity contribution >= 4 is 37.0 Å². The van der Waals surface area contributed by atoms with Crippen LogP contribution in [0, 0.1) is 29.1 Å². The number of carbonyl (C=O) groups excluding carboxylic acids is 3. The van der Waals surface area contributed by atoms with Crippen molar-refractivity contribution in [2.24, 2.45) is 17.8 Å². The van der Waals surface area contributed by atoms with Gasteiger partial charge in [-0.2, -0.15) is 28.6 Å². The SMILES string of the molecule is CC(C)C(=O)O[C@H]1[C@H](c2ccc3c(N)ncnn23)O[C@](C#N)(CO[P@@](=O)(NC(C)C(=O)OC2CCC(C(F)(F)F)CC2)Oc2ccccc2)[C@H]1OC(=O)C(C)C. The van der Waals surface area contributed by atoms with Gasteiger partial charge in [0.05, 0.1) is 23.4 Å². The lowest BCUT2D eigenvalue weighted by Crippen LogP contribution is -2.50. The van der Waals surface area contributed by atoms with Crippen molar-refractivity contribution < 1.29 is 60.1 Å². The fraction of sp³-hybridized carbons (Fsp3) is 0.556. The van der Waals surface area contributed by atoms with Crippen LogP contribution in [0.5, 0.6) is 5.75 Å². The van der Waals surface area contributed by atoms with Gasteiger partial charge in [-0.3, -0.25) is 18.9 Å². The number of nitrogens with zero attached hydrogens (tertiary/aromatic N) is 4. The van der Waals surface area contributed by atoms with Crippen LogP contribution in [-0.4, -0.2) is 75.2 Å². The Kier molecular flexibility index (Phi) is 13.0. The van der Waals surface area contributed by atoms with E-state index in [0.29, 0.717) is 5.52 Å². The summed E-state index contributed by atoms with van der Waals surface area (Å²) in [5.41, 5.74) is 4.28. The number of alkyl halides is 3. The second kappa shape index (κ2) is 17.2. The van der Waals surface area contributed by atoms with E-state index in [1.54, 1.807) is 58.0 Å². The topological polar surface area (TPSA) is 216 Å². The molecule has 2 aromatic heterocycles. The summed E-state index contributed by atoms with van der Waals surface area (Å²) in [6.45, 7) is 6.58. The van der Waals surface area contributed by atoms with Crippen molar-refractivity contribution in [3.8, 4) is 11.8 Å². The first-order chi connectivity index (χ1) is 26.4. The molecule has 1 saturated heterocycles. The maximum Gasteiger partial charge on any atom is 0.459 e. The highest BCUT2D eigenvalue weighted by Gasteiger charge is 2.62. The van der Waals surface area contributed by atoms with Crippen molar-refractivity contribution in [2.45, 2.75) is 103 Å². The average molecular weight is 809 g/mol. The minimum Gasteiger partial charge on any atom is -0.461 e. The first kappa shape index (κ1) is 42.4. The van der Waals surface area contributed by atoms with Gasteiger partial charge in [-0.15, -0.1) is 0 Å². The Morgan fingerprint density at radius 3 is 2.25 bits per heavy atom. The van der Waals surface area contributed by atoms with Crippen molar-refractivity contribution in [1.82, 2.24) is 19.7 Å². The fourth-order valence-electron chi connectivity index (χ4n) is 6.21. The molecule has 0 amide bonds. The summed E-state index contributed by atoms with van der Waals surface area (Å²) in [5, 5.41) is 17.6. The van der Waals surface area contributed by atoms with E-state index in [0.717, 1.165) is 0 Å². The highest BCUT2D eigenvalue weighted by atomic mass is 31.2. The number of nitrogens with one attached hydrogen (secondary N) is 1. The molecule has 1 aromatic carbocycles. The lowest BCUT2D eigenvalue weighted by Gasteiger charge is -2.32. The number of nitrogens with two attached hydrogens (primary N) is 1. The minimum absolute atomic E-state index is 0.0187. The third-order valence-corrected chi connectivity index (χ3v) is 11.0. The molecule has 56 heavy (non-hydrogen) atoms. The Hall–Kier alpha value is -4.76. The first-order valence-electron chi connectivity index (χ1n) is 18.0. The van der Waals surface area contributed by atoms with Crippen molar-refractivity contribution in [3.63, 3.8) is 0 Å². The zero-order valence-electron chi connectivity index (χ0n) is 31.3. The van der Waals surface area contributed by atoms with Gasteiger partial charge in [0.25, 0.3) is 0 Å². The second-order valence-electron chi connectivity index (χ2n) is 14.3. The summed E-state index contributed by atoms with van der Waals surface area (Å²) in [4.78, 5) is 43.5. The Labute approximate surface area is 320 Å². The number of carbonyl (C=O) groups is 3. The summed E-state index contributed by atoms with van der Waals surface area (Å²) < 4.78 is 90.7. The van der Waals surface area contributed by atoms with E-state index >= 15 is 0 Å². The number of aromatic nitrogens is 3. The molecule has 3 N–H and O–H groups in total. The molecule has 3 aromatic rings. The number of benzene rings is 1. The highest BCUT2D eigenvalue weighted by Crippen LogP contribution is 2.50. The Balaban J connectivity index is 1.47. The molecule has 0 radical (unpaired) electrons. The zero-order valence-corrected chi connectivity index (χ0v) is 32.2. The molecular formula is C36H44F3N6O10P. The van der Waals surface area contributed by atoms with Crippen LogP contribution in [0.25, 0.3) is 5.52 Å². The van der Waals surface area contributed by atoms with E-state index in [4.69, 9.17) is 33.7 Å². The normalized spacial score (nSPS) is 25.6. The number of fused-ring (bicyclic) bond motifs is 1. The molecule has 3 heterocycles. The van der Waals surface area contributed by atoms with Crippen LogP contribution in [0.15, 0.2) is 48.8 Å². The molecule has 2 fully saturated rings. The summed E-state index contributed by atoms with van der Waals surface area (Å²) in [6.07, 6.45) is -8.99. The van der Waals surface area contributed by atoms with Crippen LogP contribution in [0.2, 0.25) is 0 Å². The standard InChI is InChI=1S/C36H44F3N6O10P/c1-20(2)32(46)52-29-28(26-15-16-27-31(41)42-19-43-45(26)27)54-35(17-40,30(29)53-33(47)21(3)4)18-50-56(49,55-25-9-7-6-8-10-25)44-22(5)34(48)51-24-13-11-23(12-14-24)36(37,38)39/h6-10,15-16,19-24,28-30H,11-14,18H2,1-5H3,(H,44,49)(H2,41,42,43)/t22?,23?,24?,28-,29-,30-,35+,56-/m0/s1. The average Bonchev–Trinajstić information content (AvgIpc) is 3.71. The molecule has 0 bridgehead atoms. The molecule has 1 saturated carbocycles. The van der Waals surface area contributed by atoms with Gasteiger partial charge in [0, 0.05) is 0 Å². The summed E-state index contributed by atoms with van der Waals surface area (Å²) >= 11 is 0. The van der Waals surface area contributed by atoms with Crippen molar-refractivity contribution in [2.75, 3.05) is 12.3 Å². The van der Waals surface area contributed by atoms with Gasteiger partial charge in [-0.05, 0) is 56.9 Å². The third-order valence-electron chi connectivity index (χ3n) is 9.37. The molecule has 5 rings (SSSR count). The number of ether oxygens (including phenoxy) is 4. The number of hydrogen-bond donors (Lipinski definition) is 2. The quantitative estimate of drug-likeness (QED) is 0.115. The molecule has 6 atom stereocenters. The smallest absolute Gasteiger partial charge is 0.459 e. The zero-order chi connectivity index (χ0) is 41.0. The van der Waals surface area contributed by atoms with E-state index < -0.39 is 92.3 Å². The number of nitriles is 1. The number of hydrogen-bond acceptors (Lipinski definition) is 14. The number of nitrogen functional groups attached to an aromatic ring is 1. The van der Waals surface area contributed by atoms with Gasteiger partial charge in [0.15, 0.2) is 18.0 Å². The number of para-hydroxylation sites is 1. The van der Waals surface area contributed by atoms with Gasteiger partial charge in [-0.1, -0.05) is 45.9 Å². The molecular weight excluding hydrogens is 764 g/mol. The second-order valence-corrected chi connectivity index (χ2v) is 16.0. The molecule has 0 spiro atoms. The molecule has 304 valence electrons. The Morgan fingerprint density at radius 1 is 1.00 bits per heavy atom. The van der Waals surface area contributed by atoms with E-state index in [-0.39, 0.29) is 42.9 Å². The monoisotopic (exact) mass is 808 g/mol. The molecule has 1 aliphatic carbocycles. The van der Waals surface area contributed by atoms with Gasteiger partial charge >= 0.3 is 31.8 Å². The largest absolute Gasteiger partial charge is 0.461 e. The maximum atomic E-state index is 14.6. The van der Waals surface area contributed by atoms with Crippen molar-refractivity contribution in [1.29, 1.82) is 5.26 Å². The van der Waals surface area contributed by atoms with Crippen LogP contribution in [0.4, 0.5) is 19.0 Å². The van der Waals surface area contributed by atoms with E-state index in [9.17, 15) is 37.4 Å². The maximum absolute atomic E-state index is 14.6. The fourth-order valence-corrected chi connectivity index (χ4v) is 7.73. The number of esters is 3. The van der Waals surface area contributed by atoms with E-state index in [1.807, 2.05) is 6.07 Å². The van der Waals surface area contributed by atoms with Gasteiger partial charge in [-0.25, -0.2) is 14.1 Å². The van der Waals surface area contributed by atoms with Crippen LogP contribution in [0.1, 0.15) is 72.1 Å². The molecule has 1 aliphatic heterocycles. The molecule has 1 unspecified atom stereocenters. The van der Waals surface area contributed by atoms with E-state index in [2.05, 4.69) is 15.2 Å². The molecule has 16 nitrogen and oxygen atoms in total. The highest BCUT2D eigenvalue weighted by molar-refractivity contribution is 7.52. The third kappa shape index (κ3) is 9.60. The summed E-state index contributed by atoms with van der Waals surface area (Å²) in [7, 11) is -4.73. The van der Waals surface area contributed by atoms with Gasteiger partial charge < -0.3 is 29.2 Å². The predicted octanol–water partition coefficient (Wildman–Crippen LogP) is 5.63. The molecule has 2 aliphatic rings. The number of rotatable bonds is 14. The van der Waals surface area contributed by atoms with Crippen molar-refractivity contribution in [3.05, 3.63) is 54.5 Å². The van der Waals surface area contributed by atoms with Gasteiger partial charge in [0.2, 0.25) is 5.60 Å². The Bertz CT molecular complexity index is 1970. The summed E-state index contributed by atoms with van der Waals surface area (Å²) in [5.74, 6) is -5.23. The van der Waals surface area contributed by atoms with Crippen LogP contribution in [0.3, 0.4) is 0 Å². The number of halogens is 3. The Morgan fingerprint density at radius 2 is 1.64 bits per heavy atom. The van der Waals surface area contributed by atoms with Crippen LogP contribution >= 0.6 is 7.75 Å². The summed E-state index contributed by atoms with van der Waals surface area (Å²) in [6, 6.07) is 11.4. The van der Waals surface area contributed by atoms with Crippen LogP contribution in [-0.2, 0) is 42.4 Å². The van der Waals surface area contributed by atoms with Gasteiger partial charge in [0.1, 0.15) is 48.5 Å². The number of anilines is 1. The van der Waals surface area contributed by atoms with Crippen LogP contribution < -0.4 is 15.3 Å².